The molecule has 2 N–H and O–H groups in total. The summed E-state index contributed by atoms with van der Waals surface area (Å²) in [5, 5.41) is 22.5. The van der Waals surface area contributed by atoms with Crippen molar-refractivity contribution >= 4 is 12.3 Å². The number of likely N-dealkylation sites (N-methyl/N-ethyl adjacent to an activating group) is 1. The Morgan fingerprint density at radius 1 is 1.31 bits per heavy atom. The molecule has 2 aliphatic heterocycles. The molecule has 5 rings (SSSR count). The number of phenols is 1. The Morgan fingerprint density at radius 3 is 2.69 bits per heavy atom. The monoisotopic (exact) mass is 493 g/mol. The van der Waals surface area contributed by atoms with Gasteiger partial charge in [0, 0.05) is 24.1 Å². The second kappa shape index (κ2) is 8.83. The zero-order valence-electron chi connectivity index (χ0n) is 19.2. The van der Waals surface area contributed by atoms with Gasteiger partial charge in [0.1, 0.15) is 5.76 Å². The second-order valence-corrected chi connectivity index (χ2v) is 9.07. The van der Waals surface area contributed by atoms with Gasteiger partial charge >= 0.3 is 12.1 Å². The van der Waals surface area contributed by atoms with Gasteiger partial charge < -0.3 is 24.6 Å². The Morgan fingerprint density at radius 2 is 2.03 bits per heavy atom. The number of piperidine rings is 1. The maximum Gasteiger partial charge on any atom is 0.446 e. The lowest BCUT2D eigenvalue weighted by Gasteiger charge is -2.61. The van der Waals surface area contributed by atoms with Crippen molar-refractivity contribution in [3.05, 3.63) is 59.4 Å². The summed E-state index contributed by atoms with van der Waals surface area (Å²) in [6, 6.07) is 3.52. The minimum Gasteiger partial charge on any atom is -0.504 e. The smallest absolute Gasteiger partial charge is 0.446 e. The van der Waals surface area contributed by atoms with Crippen LogP contribution >= 0.6 is 0 Å². The number of benzene rings is 1. The average molecular weight is 493 g/mol. The number of likely N-dealkylation sites (tertiary alicyclic amines) is 1. The van der Waals surface area contributed by atoms with Crippen LogP contribution in [0.1, 0.15) is 30.9 Å². The number of carbonyl (C=O) groups is 2. The van der Waals surface area contributed by atoms with Crippen molar-refractivity contribution in [2.75, 3.05) is 13.6 Å². The van der Waals surface area contributed by atoms with E-state index in [0.717, 1.165) is 17.7 Å². The van der Waals surface area contributed by atoms with Crippen LogP contribution in [-0.4, -0.2) is 64.9 Å². The fourth-order valence-corrected chi connectivity index (χ4v) is 5.83. The third-order valence-electron chi connectivity index (χ3n) is 7.24. The number of halogens is 3. The molecule has 4 atom stereocenters. The molecule has 1 aromatic rings. The summed E-state index contributed by atoms with van der Waals surface area (Å²) in [7, 11) is 2.04. The fourth-order valence-electron chi connectivity index (χ4n) is 5.83. The number of carbonyl (C=O) groups excluding carboxylic acids is 2. The third-order valence-corrected chi connectivity index (χ3v) is 7.24. The van der Waals surface area contributed by atoms with Gasteiger partial charge in [-0.15, -0.1) is 0 Å². The maximum absolute atomic E-state index is 12.3. The van der Waals surface area contributed by atoms with E-state index in [1.807, 2.05) is 26.1 Å². The molecule has 1 fully saturated rings. The van der Waals surface area contributed by atoms with E-state index in [9.17, 15) is 28.2 Å². The van der Waals surface area contributed by atoms with E-state index in [2.05, 4.69) is 4.90 Å². The molecule has 1 saturated heterocycles. The molecule has 10 heteroatoms. The van der Waals surface area contributed by atoms with E-state index >= 15 is 0 Å². The van der Waals surface area contributed by atoms with Crippen molar-refractivity contribution < 1.29 is 42.4 Å². The highest BCUT2D eigenvalue weighted by Gasteiger charge is 2.72. The van der Waals surface area contributed by atoms with E-state index < -0.39 is 35.6 Å². The van der Waals surface area contributed by atoms with Crippen molar-refractivity contribution in [1.29, 1.82) is 0 Å². The van der Waals surface area contributed by atoms with Gasteiger partial charge in [0.05, 0.1) is 11.0 Å². The number of alkyl halides is 3. The van der Waals surface area contributed by atoms with Gasteiger partial charge in [-0.2, -0.15) is 13.2 Å². The van der Waals surface area contributed by atoms with Crippen LogP contribution in [0.4, 0.5) is 13.2 Å². The first-order chi connectivity index (χ1) is 16.5. The summed E-state index contributed by atoms with van der Waals surface area (Å²) >= 11 is 0. The van der Waals surface area contributed by atoms with Crippen LogP contribution in [0.5, 0.6) is 11.5 Å². The van der Waals surface area contributed by atoms with E-state index in [4.69, 9.17) is 14.3 Å². The Hall–Kier alpha value is -3.11. The molecule has 188 valence electrons. The van der Waals surface area contributed by atoms with Crippen molar-refractivity contribution in [2.45, 2.75) is 55.5 Å². The van der Waals surface area contributed by atoms with Crippen molar-refractivity contribution in [3.63, 3.8) is 0 Å². The van der Waals surface area contributed by atoms with E-state index in [1.165, 1.54) is 6.08 Å². The number of nitrogens with zero attached hydrogens (tertiary/aromatic N) is 1. The van der Waals surface area contributed by atoms with Gasteiger partial charge in [-0.05, 0) is 51.1 Å². The van der Waals surface area contributed by atoms with Crippen LogP contribution in [0.25, 0.3) is 0 Å². The summed E-state index contributed by atoms with van der Waals surface area (Å²) in [4.78, 5) is 23.2. The highest BCUT2D eigenvalue weighted by molar-refractivity contribution is 5.83. The van der Waals surface area contributed by atoms with Gasteiger partial charge in [0.25, 0.3) is 0 Å². The fraction of sp³-hybridized carbons (Fsp3) is 0.440. The molecule has 4 aliphatic rings. The highest BCUT2D eigenvalue weighted by Crippen LogP contribution is 2.65. The largest absolute Gasteiger partial charge is 0.504 e. The number of esters is 1. The first kappa shape index (κ1) is 25.0. The first-order valence-electron chi connectivity index (χ1n) is 11.2. The number of rotatable bonds is 3. The number of phenolic OH excluding ortho intramolecular Hbond substituents is 1. The minimum absolute atomic E-state index is 0.0610. The number of hydrogen-bond donors (Lipinski definition) is 2. The summed E-state index contributed by atoms with van der Waals surface area (Å²) in [6.45, 7) is 2.66. The van der Waals surface area contributed by atoms with E-state index in [1.54, 1.807) is 24.3 Å². The zero-order valence-corrected chi connectivity index (χ0v) is 19.2. The Kier molecular flexibility index (Phi) is 6.31. The van der Waals surface area contributed by atoms with Crippen LogP contribution in [0, 0.1) is 0 Å². The number of aldehydes is 1. The molecular weight excluding hydrogens is 467 g/mol. The molecule has 0 saturated carbocycles. The van der Waals surface area contributed by atoms with Gasteiger partial charge in [-0.1, -0.05) is 24.3 Å². The molecule has 35 heavy (non-hydrogen) atoms. The molecule has 2 bridgehead atoms. The van der Waals surface area contributed by atoms with Gasteiger partial charge in [0.15, 0.2) is 17.6 Å². The van der Waals surface area contributed by atoms with Crippen molar-refractivity contribution in [1.82, 2.24) is 4.90 Å². The lowest BCUT2D eigenvalue weighted by atomic mass is 9.50. The lowest BCUT2D eigenvalue weighted by molar-refractivity contribution is -0.168. The predicted molar refractivity (Wildman–Crippen MR) is 119 cm³/mol. The first-order valence-corrected chi connectivity index (χ1v) is 11.2. The number of ether oxygens (including phenoxy) is 2. The summed E-state index contributed by atoms with van der Waals surface area (Å²) in [5.41, 5.74) is 0.193. The molecular formula is C25H26F3NO6. The summed E-state index contributed by atoms with van der Waals surface area (Å²) in [6.07, 6.45) is 3.74. The maximum atomic E-state index is 12.3. The second-order valence-electron chi connectivity index (χ2n) is 9.07. The molecule has 1 spiro atoms. The van der Waals surface area contributed by atoms with Crippen molar-refractivity contribution in [2.24, 2.45) is 0 Å². The SMILES string of the molecule is C/C=C/C=C/C(=O)OC1=CC[C@@]2(O)[C@H]3Cc4ccc(O)c5c4[C@@]2(CCN3C)[C@H]1O5.O=CC(F)(F)F. The summed E-state index contributed by atoms with van der Waals surface area (Å²) in [5.74, 6) is 0.408. The lowest BCUT2D eigenvalue weighted by Crippen LogP contribution is -2.74. The van der Waals surface area contributed by atoms with E-state index in [-0.39, 0.29) is 11.8 Å². The number of hydrogen-bond acceptors (Lipinski definition) is 7. The van der Waals surface area contributed by atoms with Crippen LogP contribution in [0.2, 0.25) is 0 Å². The van der Waals surface area contributed by atoms with Crippen LogP contribution in [0.3, 0.4) is 0 Å². The topological polar surface area (TPSA) is 96.3 Å². The zero-order chi connectivity index (χ0) is 25.6. The molecule has 2 heterocycles. The number of aliphatic hydroxyl groups is 1. The molecule has 1 aromatic carbocycles. The summed E-state index contributed by atoms with van der Waals surface area (Å²) < 4.78 is 43.2. The Labute approximate surface area is 200 Å². The van der Waals surface area contributed by atoms with Crippen LogP contribution in [0.15, 0.2) is 48.3 Å². The van der Waals surface area contributed by atoms with Gasteiger partial charge in [0.2, 0.25) is 6.29 Å². The molecule has 7 nitrogen and oxygen atoms in total. The van der Waals surface area contributed by atoms with E-state index in [0.29, 0.717) is 30.8 Å². The molecule has 0 unspecified atom stereocenters. The Balaban J connectivity index is 0.000000431. The highest BCUT2D eigenvalue weighted by atomic mass is 19.4. The molecule has 2 aliphatic carbocycles. The molecule has 0 amide bonds. The van der Waals surface area contributed by atoms with Gasteiger partial charge in [-0.3, -0.25) is 4.79 Å². The van der Waals surface area contributed by atoms with Gasteiger partial charge in [-0.25, -0.2) is 4.79 Å². The number of aromatic hydroxyl groups is 1. The average Bonchev–Trinajstić information content (AvgIpc) is 3.16. The standard InChI is InChI=1S/C23H25NO5.C2HF3O/c1-3-4-5-6-18(26)28-16-9-10-23(27)17-13-14-7-8-15(25)20-19(14)22(23,21(16)29-20)11-12-24(17)2;3-2(4,5)1-6/h3-9,17,21,25,27H,10-13H2,1-2H3;1H/b4-3+,6-5+;/t17-,21+,22+,23-;/m1./s1. The van der Waals surface area contributed by atoms with Crippen LogP contribution < -0.4 is 4.74 Å². The van der Waals surface area contributed by atoms with Crippen LogP contribution in [-0.2, 0) is 26.2 Å². The normalized spacial score (nSPS) is 30.7. The Bertz CT molecular complexity index is 1130. The third kappa shape index (κ3) is 3.94. The minimum atomic E-state index is -4.64. The molecule has 0 aromatic heterocycles. The molecule has 0 radical (unpaired) electrons. The van der Waals surface area contributed by atoms with Crippen molar-refractivity contribution in [3.8, 4) is 11.5 Å². The number of allylic oxidation sites excluding steroid dienone is 3. The quantitative estimate of drug-likeness (QED) is 0.289. The predicted octanol–water partition coefficient (Wildman–Crippen LogP) is 3.09.